The van der Waals surface area contributed by atoms with Crippen molar-refractivity contribution in [2.45, 2.75) is 13.8 Å². The maximum Gasteiger partial charge on any atom is 0.138 e. The van der Waals surface area contributed by atoms with Crippen LogP contribution in [0.15, 0.2) is 36.4 Å². The van der Waals surface area contributed by atoms with Gasteiger partial charge in [-0.15, -0.1) is 0 Å². The molecule has 2 aromatic carbocycles. The number of hydrogen-bond acceptors (Lipinski definition) is 2. The Morgan fingerprint density at radius 1 is 1.11 bits per heavy atom. The fourth-order valence-electron chi connectivity index (χ4n) is 1.74. The molecule has 0 unspecified atom stereocenters. The highest BCUT2D eigenvalue weighted by molar-refractivity contribution is 5.97. The van der Waals surface area contributed by atoms with Gasteiger partial charge in [-0.05, 0) is 43.2 Å². The van der Waals surface area contributed by atoms with Crippen molar-refractivity contribution in [2.24, 2.45) is 5.73 Å². The molecule has 0 aliphatic carbocycles. The molecule has 0 fully saturated rings. The minimum atomic E-state index is -0.363. The van der Waals surface area contributed by atoms with Gasteiger partial charge in [0.05, 0.1) is 5.56 Å². The third-order valence-corrected chi connectivity index (χ3v) is 2.80. The second-order valence-electron chi connectivity index (χ2n) is 4.43. The smallest absolute Gasteiger partial charge is 0.138 e. The molecule has 0 aliphatic heterocycles. The molecule has 0 amide bonds. The van der Waals surface area contributed by atoms with Gasteiger partial charge in [-0.2, -0.15) is 0 Å². The van der Waals surface area contributed by atoms with Gasteiger partial charge < -0.3 is 10.5 Å². The molecular formula is C15H15FN2O. The molecule has 2 aromatic rings. The van der Waals surface area contributed by atoms with Crippen molar-refractivity contribution in [3.63, 3.8) is 0 Å². The van der Waals surface area contributed by atoms with Gasteiger partial charge in [0, 0.05) is 6.07 Å². The fourth-order valence-corrected chi connectivity index (χ4v) is 1.74. The van der Waals surface area contributed by atoms with E-state index in [4.69, 9.17) is 15.9 Å². The third-order valence-electron chi connectivity index (χ3n) is 2.80. The average molecular weight is 258 g/mol. The van der Waals surface area contributed by atoms with Crippen molar-refractivity contribution in [1.82, 2.24) is 0 Å². The zero-order chi connectivity index (χ0) is 14.0. The summed E-state index contributed by atoms with van der Waals surface area (Å²) >= 11 is 0. The van der Waals surface area contributed by atoms with Gasteiger partial charge in [0.25, 0.3) is 0 Å². The number of hydrogen-bond donors (Lipinski definition) is 2. The largest absolute Gasteiger partial charge is 0.456 e. The number of nitrogens with one attached hydrogen (secondary N) is 1. The zero-order valence-electron chi connectivity index (χ0n) is 10.8. The van der Waals surface area contributed by atoms with E-state index in [9.17, 15) is 4.39 Å². The van der Waals surface area contributed by atoms with E-state index >= 15 is 0 Å². The van der Waals surface area contributed by atoms with E-state index in [1.165, 1.54) is 12.1 Å². The molecule has 0 atom stereocenters. The minimum Gasteiger partial charge on any atom is -0.456 e. The molecule has 0 heterocycles. The average Bonchev–Trinajstić information content (AvgIpc) is 2.33. The molecule has 0 saturated heterocycles. The third kappa shape index (κ3) is 2.91. The molecule has 0 saturated carbocycles. The van der Waals surface area contributed by atoms with Crippen molar-refractivity contribution in [3.05, 3.63) is 58.9 Å². The first-order valence-corrected chi connectivity index (χ1v) is 5.86. The summed E-state index contributed by atoms with van der Waals surface area (Å²) in [5, 5.41) is 7.53. The van der Waals surface area contributed by atoms with Crippen LogP contribution in [0, 0.1) is 25.1 Å². The number of ether oxygens (including phenoxy) is 1. The van der Waals surface area contributed by atoms with Crippen molar-refractivity contribution < 1.29 is 9.13 Å². The molecule has 0 bridgehead atoms. The Balaban J connectivity index is 2.45. The summed E-state index contributed by atoms with van der Waals surface area (Å²) in [6.45, 7) is 3.74. The number of aryl methyl sites for hydroxylation is 2. The van der Waals surface area contributed by atoms with Crippen LogP contribution in [0.5, 0.6) is 11.5 Å². The van der Waals surface area contributed by atoms with Crippen LogP contribution >= 0.6 is 0 Å². The van der Waals surface area contributed by atoms with Gasteiger partial charge in [0.1, 0.15) is 23.2 Å². The number of nitrogens with two attached hydrogens (primary N) is 1. The van der Waals surface area contributed by atoms with Crippen molar-refractivity contribution in [2.75, 3.05) is 0 Å². The molecule has 0 aromatic heterocycles. The molecule has 4 heteroatoms. The van der Waals surface area contributed by atoms with Gasteiger partial charge in [0.2, 0.25) is 0 Å². The Hall–Kier alpha value is -2.36. The van der Waals surface area contributed by atoms with E-state index in [0.29, 0.717) is 17.1 Å². The lowest BCUT2D eigenvalue weighted by Crippen LogP contribution is -2.12. The van der Waals surface area contributed by atoms with Gasteiger partial charge >= 0.3 is 0 Å². The van der Waals surface area contributed by atoms with E-state index in [1.807, 2.05) is 19.9 Å². The second kappa shape index (κ2) is 5.10. The Bertz CT molecular complexity index is 638. The lowest BCUT2D eigenvalue weighted by atomic mass is 10.1. The lowest BCUT2D eigenvalue weighted by molar-refractivity contribution is 0.471. The Morgan fingerprint density at radius 2 is 1.84 bits per heavy atom. The number of rotatable bonds is 3. The van der Waals surface area contributed by atoms with Gasteiger partial charge in [0.15, 0.2) is 0 Å². The predicted octanol–water partition coefficient (Wildman–Crippen LogP) is 3.52. The maximum atomic E-state index is 13.2. The van der Waals surface area contributed by atoms with Crippen LogP contribution in [0.1, 0.15) is 16.7 Å². The molecule has 2 rings (SSSR count). The van der Waals surface area contributed by atoms with Crippen LogP contribution in [-0.2, 0) is 0 Å². The van der Waals surface area contributed by atoms with Crippen LogP contribution < -0.4 is 10.5 Å². The Morgan fingerprint density at radius 3 is 2.53 bits per heavy atom. The lowest BCUT2D eigenvalue weighted by Gasteiger charge is -2.13. The summed E-state index contributed by atoms with van der Waals surface area (Å²) < 4.78 is 18.9. The SMILES string of the molecule is Cc1ccc(C(=N)N)c(Oc2cc(F)ccc2C)c1. The first-order chi connectivity index (χ1) is 8.97. The fraction of sp³-hybridized carbons (Fsp3) is 0.133. The highest BCUT2D eigenvalue weighted by atomic mass is 19.1. The summed E-state index contributed by atoms with van der Waals surface area (Å²) in [7, 11) is 0. The molecule has 19 heavy (non-hydrogen) atoms. The number of nitrogen functional groups attached to an aromatic ring is 1. The number of amidine groups is 1. The van der Waals surface area contributed by atoms with Crippen molar-refractivity contribution >= 4 is 5.84 Å². The minimum absolute atomic E-state index is 0.0796. The summed E-state index contributed by atoms with van der Waals surface area (Å²) in [5.41, 5.74) is 7.81. The number of halogens is 1. The molecule has 3 nitrogen and oxygen atoms in total. The summed E-state index contributed by atoms with van der Waals surface area (Å²) in [5.74, 6) is 0.441. The van der Waals surface area contributed by atoms with Crippen LogP contribution in [0.4, 0.5) is 4.39 Å². The van der Waals surface area contributed by atoms with E-state index in [2.05, 4.69) is 0 Å². The van der Waals surface area contributed by atoms with Crippen molar-refractivity contribution in [1.29, 1.82) is 5.41 Å². The monoisotopic (exact) mass is 258 g/mol. The van der Waals surface area contributed by atoms with Gasteiger partial charge in [-0.25, -0.2) is 4.39 Å². The first-order valence-electron chi connectivity index (χ1n) is 5.86. The van der Waals surface area contributed by atoms with Crippen LogP contribution in [0.25, 0.3) is 0 Å². The first kappa shape index (κ1) is 13.1. The van der Waals surface area contributed by atoms with E-state index in [0.717, 1.165) is 11.1 Å². The van der Waals surface area contributed by atoms with Gasteiger partial charge in [-0.1, -0.05) is 12.1 Å². The van der Waals surface area contributed by atoms with Crippen LogP contribution in [-0.4, -0.2) is 5.84 Å². The molecular weight excluding hydrogens is 243 g/mol. The zero-order valence-corrected chi connectivity index (χ0v) is 10.8. The summed E-state index contributed by atoms with van der Waals surface area (Å²) in [4.78, 5) is 0. The quantitative estimate of drug-likeness (QED) is 0.653. The topological polar surface area (TPSA) is 59.1 Å². The molecule has 0 spiro atoms. The predicted molar refractivity (Wildman–Crippen MR) is 73.4 cm³/mol. The Labute approximate surface area is 111 Å². The normalized spacial score (nSPS) is 10.3. The second-order valence-corrected chi connectivity index (χ2v) is 4.43. The van der Waals surface area contributed by atoms with E-state index < -0.39 is 0 Å². The Kier molecular flexibility index (Phi) is 3.51. The molecule has 0 radical (unpaired) electrons. The van der Waals surface area contributed by atoms with Crippen LogP contribution in [0.3, 0.4) is 0 Å². The molecule has 98 valence electrons. The molecule has 3 N–H and O–H groups in total. The highest BCUT2D eigenvalue weighted by Gasteiger charge is 2.10. The van der Waals surface area contributed by atoms with Gasteiger partial charge in [-0.3, -0.25) is 5.41 Å². The van der Waals surface area contributed by atoms with Crippen LogP contribution in [0.2, 0.25) is 0 Å². The molecule has 0 aliphatic rings. The van der Waals surface area contributed by atoms with Crippen molar-refractivity contribution in [3.8, 4) is 11.5 Å². The van der Waals surface area contributed by atoms with E-state index in [-0.39, 0.29) is 11.7 Å². The number of benzene rings is 2. The standard InChI is InChI=1S/C15H15FN2O/c1-9-3-6-12(15(17)18)14(7-9)19-13-8-11(16)5-4-10(13)2/h3-8H,1-2H3,(H3,17,18). The maximum absolute atomic E-state index is 13.2. The summed E-state index contributed by atoms with van der Waals surface area (Å²) in [6.07, 6.45) is 0. The van der Waals surface area contributed by atoms with E-state index in [1.54, 1.807) is 18.2 Å². The highest BCUT2D eigenvalue weighted by Crippen LogP contribution is 2.29. The summed E-state index contributed by atoms with van der Waals surface area (Å²) in [6, 6.07) is 9.70.